The van der Waals surface area contributed by atoms with Crippen LogP contribution in [-0.4, -0.2) is 87.4 Å². The van der Waals surface area contributed by atoms with Crippen LogP contribution in [0, 0.1) is 0 Å². The number of hydrogen-bond donors (Lipinski definition) is 1. The maximum Gasteiger partial charge on any atom is 0.361 e. The van der Waals surface area contributed by atoms with Crippen molar-refractivity contribution < 1.29 is 42.9 Å². The molecule has 0 radical (unpaired) electrons. The highest BCUT2D eigenvalue weighted by Gasteiger charge is 2.25. The van der Waals surface area contributed by atoms with Crippen molar-refractivity contribution in [3.05, 3.63) is 85.1 Å². The number of carboxylic acids is 1. The minimum atomic E-state index is -1.51. The second-order valence-corrected chi connectivity index (χ2v) is 25.2. The summed E-state index contributed by atoms with van der Waals surface area (Å²) in [4.78, 5) is 37.6. The number of carbonyl (C=O) groups is 3. The minimum Gasteiger partial charge on any atom is -0.477 e. The van der Waals surface area contributed by atoms with E-state index < -0.39 is 24.3 Å². The van der Waals surface area contributed by atoms with Gasteiger partial charge in [0.05, 0.1) is 34.4 Å². The molecule has 0 bridgehead atoms. The maximum atomic E-state index is 12.9. The average molecular weight is 1190 g/mol. The zero-order chi connectivity index (χ0) is 61.9. The lowest BCUT2D eigenvalue weighted by molar-refractivity contribution is -0.870. The van der Waals surface area contributed by atoms with Gasteiger partial charge >= 0.3 is 17.9 Å². The first-order valence-corrected chi connectivity index (χ1v) is 35.8. The maximum absolute atomic E-state index is 12.9. The van der Waals surface area contributed by atoms with Crippen LogP contribution in [0.2, 0.25) is 0 Å². The van der Waals surface area contributed by atoms with Gasteiger partial charge in [-0.2, -0.15) is 0 Å². The van der Waals surface area contributed by atoms with E-state index in [1.165, 1.54) is 205 Å². The summed E-state index contributed by atoms with van der Waals surface area (Å²) in [5, 5.41) is 9.74. The number of quaternary nitrogens is 1. The molecule has 0 spiro atoms. The number of ether oxygens (including phenoxy) is 4. The van der Waals surface area contributed by atoms with Crippen molar-refractivity contribution >= 4 is 17.9 Å². The molecule has 0 saturated carbocycles. The molecule has 0 rings (SSSR count). The molecule has 0 aliphatic rings. The molecule has 0 aliphatic heterocycles. The van der Waals surface area contributed by atoms with E-state index in [-0.39, 0.29) is 38.6 Å². The van der Waals surface area contributed by atoms with Crippen LogP contribution in [0.1, 0.15) is 322 Å². The highest BCUT2D eigenvalue weighted by Crippen LogP contribution is 2.18. The highest BCUT2D eigenvalue weighted by atomic mass is 16.7. The SMILES string of the molecule is CC/C=C\C/C=C\C/C=C\C/C=C\CCCCCCCCCCCCCCCCCCCCCCCCCCCCCCC(=O)OC(COC(=O)CCCCCCCC/C=C\C/C=C\C/C=C\CCCCC)COC(OCC[N+](C)(C)C)C(=O)O. The van der Waals surface area contributed by atoms with Gasteiger partial charge in [0.2, 0.25) is 0 Å². The van der Waals surface area contributed by atoms with E-state index in [4.69, 9.17) is 18.9 Å². The average Bonchev–Trinajstić information content (AvgIpc) is 3.49. The van der Waals surface area contributed by atoms with Crippen LogP contribution in [0.25, 0.3) is 0 Å². The molecule has 1 N–H and O–H groups in total. The molecule has 85 heavy (non-hydrogen) atoms. The largest absolute Gasteiger partial charge is 0.477 e. The summed E-state index contributed by atoms with van der Waals surface area (Å²) in [6.45, 7) is 4.75. The molecule has 0 heterocycles. The molecule has 492 valence electrons. The number of rotatable bonds is 66. The van der Waals surface area contributed by atoms with Crippen LogP contribution in [0.15, 0.2) is 85.1 Å². The molecule has 0 aromatic carbocycles. The predicted molar refractivity (Wildman–Crippen MR) is 364 cm³/mol. The number of unbranched alkanes of at least 4 members (excludes halogenated alkanes) is 37. The van der Waals surface area contributed by atoms with Crippen molar-refractivity contribution in [1.29, 1.82) is 0 Å². The van der Waals surface area contributed by atoms with Gasteiger partial charge in [0.25, 0.3) is 6.29 Å². The lowest BCUT2D eigenvalue weighted by atomic mass is 10.0. The Morgan fingerprint density at radius 3 is 1.00 bits per heavy atom. The van der Waals surface area contributed by atoms with Gasteiger partial charge in [0.15, 0.2) is 6.10 Å². The Labute approximate surface area is 525 Å². The third-order valence-corrected chi connectivity index (χ3v) is 15.6. The van der Waals surface area contributed by atoms with Crippen LogP contribution in [-0.2, 0) is 33.3 Å². The first-order chi connectivity index (χ1) is 41.6. The van der Waals surface area contributed by atoms with E-state index in [1.807, 2.05) is 21.1 Å². The molecule has 0 aromatic heterocycles. The number of allylic oxidation sites excluding steroid dienone is 14. The number of carbonyl (C=O) groups excluding carboxylic acids is 2. The second-order valence-electron chi connectivity index (χ2n) is 25.2. The van der Waals surface area contributed by atoms with Gasteiger partial charge < -0.3 is 28.5 Å². The van der Waals surface area contributed by atoms with Crippen molar-refractivity contribution in [2.45, 2.75) is 334 Å². The summed E-state index contributed by atoms with van der Waals surface area (Å²) >= 11 is 0. The summed E-state index contributed by atoms with van der Waals surface area (Å²) in [5.41, 5.74) is 0. The van der Waals surface area contributed by atoms with Crippen molar-refractivity contribution in [2.24, 2.45) is 0 Å². The van der Waals surface area contributed by atoms with Crippen molar-refractivity contribution in [3.63, 3.8) is 0 Å². The van der Waals surface area contributed by atoms with Gasteiger partial charge in [-0.15, -0.1) is 0 Å². The smallest absolute Gasteiger partial charge is 0.361 e. The minimum absolute atomic E-state index is 0.185. The topological polar surface area (TPSA) is 108 Å². The molecular weight excluding hydrogens is 1050 g/mol. The molecule has 2 unspecified atom stereocenters. The van der Waals surface area contributed by atoms with Gasteiger partial charge in [-0.1, -0.05) is 304 Å². The molecule has 9 heteroatoms. The Bertz CT molecular complexity index is 1670. The van der Waals surface area contributed by atoms with E-state index in [9.17, 15) is 19.5 Å². The van der Waals surface area contributed by atoms with Gasteiger partial charge in [-0.3, -0.25) is 9.59 Å². The van der Waals surface area contributed by atoms with Crippen molar-refractivity contribution in [2.75, 3.05) is 47.5 Å². The van der Waals surface area contributed by atoms with Crippen LogP contribution in [0.5, 0.6) is 0 Å². The Morgan fingerprint density at radius 2 is 0.671 bits per heavy atom. The van der Waals surface area contributed by atoms with E-state index in [1.54, 1.807) is 0 Å². The summed E-state index contributed by atoms with van der Waals surface area (Å²) < 4.78 is 23.0. The zero-order valence-corrected chi connectivity index (χ0v) is 56.3. The van der Waals surface area contributed by atoms with E-state index in [0.717, 1.165) is 89.9 Å². The summed E-state index contributed by atoms with van der Waals surface area (Å²) in [7, 11) is 5.98. The summed E-state index contributed by atoms with van der Waals surface area (Å²) in [5.74, 6) is -2.01. The fourth-order valence-electron chi connectivity index (χ4n) is 10.2. The Hall–Kier alpha value is -3.53. The van der Waals surface area contributed by atoms with Gasteiger partial charge in [-0.05, 0) is 89.9 Å². The molecule has 0 fully saturated rings. The van der Waals surface area contributed by atoms with E-state index in [0.29, 0.717) is 11.0 Å². The number of likely N-dealkylation sites (N-methyl/N-ethyl adjacent to an activating group) is 1. The Balaban J connectivity index is 3.96. The summed E-state index contributed by atoms with van der Waals surface area (Å²) in [6, 6.07) is 0. The predicted octanol–water partition coefficient (Wildman–Crippen LogP) is 22.2. The first-order valence-electron chi connectivity index (χ1n) is 35.8. The molecular formula is C76H136NO8+. The Morgan fingerprint density at radius 1 is 0.365 bits per heavy atom. The van der Waals surface area contributed by atoms with Crippen molar-refractivity contribution in [1.82, 2.24) is 0 Å². The lowest BCUT2D eigenvalue weighted by Gasteiger charge is -2.25. The van der Waals surface area contributed by atoms with Crippen LogP contribution in [0.4, 0.5) is 0 Å². The van der Waals surface area contributed by atoms with Crippen LogP contribution >= 0.6 is 0 Å². The second kappa shape index (κ2) is 66.4. The summed E-state index contributed by atoms with van der Waals surface area (Å²) in [6.07, 6.45) is 87.2. The van der Waals surface area contributed by atoms with E-state index >= 15 is 0 Å². The normalized spacial score (nSPS) is 13.2. The molecule has 0 aliphatic carbocycles. The zero-order valence-electron chi connectivity index (χ0n) is 56.3. The lowest BCUT2D eigenvalue weighted by Crippen LogP contribution is -2.40. The van der Waals surface area contributed by atoms with Gasteiger partial charge in [-0.25, -0.2) is 4.79 Å². The Kier molecular flexibility index (Phi) is 63.7. The third-order valence-electron chi connectivity index (χ3n) is 15.6. The van der Waals surface area contributed by atoms with Crippen LogP contribution in [0.3, 0.4) is 0 Å². The molecule has 0 saturated heterocycles. The molecule has 0 amide bonds. The number of aliphatic carboxylic acids is 1. The quantitative estimate of drug-likeness (QED) is 0.0211. The molecule has 2 atom stereocenters. The number of nitrogens with zero attached hydrogens (tertiary/aromatic N) is 1. The number of esters is 2. The fraction of sp³-hybridized carbons (Fsp3) is 0.776. The van der Waals surface area contributed by atoms with Gasteiger partial charge in [0.1, 0.15) is 13.2 Å². The molecule has 0 aromatic rings. The number of carboxylic acid groups (broad SMARTS) is 1. The standard InChI is InChI=1S/C76H135NO8/c1-6-8-10-12-14-16-18-20-22-24-26-27-28-29-30-31-32-33-34-35-36-37-38-39-40-41-42-43-44-45-46-47-49-51-53-55-57-59-61-63-65-67-74(79)85-72(71-84-76(75(80)81)82-69-68-77(3,4)5)70-83-73(78)66-64-62-60-58-56-54-52-50-48-25-23-21-19-17-15-13-11-9-7-2/h8,10,14-17,20-23,26-27,48,50,72,76H,6-7,9,11-13,18-19,24-25,28-47,49,51-71H2,1-5H3/p+1/b10-8-,16-14-,17-15-,22-20-,23-21-,27-26-,50-48-. The third kappa shape index (κ3) is 67.8. The van der Waals surface area contributed by atoms with Gasteiger partial charge in [0, 0.05) is 12.8 Å². The van der Waals surface area contributed by atoms with Crippen molar-refractivity contribution in [3.8, 4) is 0 Å². The monoisotopic (exact) mass is 1190 g/mol. The highest BCUT2D eigenvalue weighted by molar-refractivity contribution is 5.71. The van der Waals surface area contributed by atoms with Crippen LogP contribution < -0.4 is 0 Å². The molecule has 9 nitrogen and oxygen atoms in total. The van der Waals surface area contributed by atoms with E-state index in [2.05, 4.69) is 98.9 Å². The first kappa shape index (κ1) is 81.5. The fourth-order valence-corrected chi connectivity index (χ4v) is 10.2. The number of hydrogen-bond acceptors (Lipinski definition) is 7.